The van der Waals surface area contributed by atoms with E-state index in [1.54, 1.807) is 0 Å². The van der Waals surface area contributed by atoms with E-state index in [1.807, 2.05) is 65.8 Å². The van der Waals surface area contributed by atoms with Crippen LogP contribution < -0.4 is 9.47 Å². The molecule has 0 saturated carbocycles. The molecule has 0 aromatic heterocycles. The van der Waals surface area contributed by atoms with Gasteiger partial charge < -0.3 is 14.6 Å². The summed E-state index contributed by atoms with van der Waals surface area (Å²) in [4.78, 5) is 0. The number of rotatable bonds is 7. The van der Waals surface area contributed by atoms with Crippen LogP contribution in [0.1, 0.15) is 63.8 Å². The second-order valence-corrected chi connectivity index (χ2v) is 8.21. The van der Waals surface area contributed by atoms with Crippen LogP contribution in [0, 0.1) is 19.8 Å². The van der Waals surface area contributed by atoms with E-state index in [4.69, 9.17) is 9.47 Å². The Labute approximate surface area is 164 Å². The van der Waals surface area contributed by atoms with Crippen molar-refractivity contribution in [2.75, 3.05) is 0 Å². The van der Waals surface area contributed by atoms with E-state index in [1.165, 1.54) is 11.1 Å². The highest BCUT2D eigenvalue weighted by Crippen LogP contribution is 2.41. The molecular formula is C24H34O3. The van der Waals surface area contributed by atoms with Gasteiger partial charge in [0.1, 0.15) is 5.60 Å². The average molecular weight is 371 g/mol. The Balaban J connectivity index is 2.60. The lowest BCUT2D eigenvalue weighted by atomic mass is 9.77. The van der Waals surface area contributed by atoms with Gasteiger partial charge in [0.15, 0.2) is 11.5 Å². The molecule has 0 aliphatic rings. The summed E-state index contributed by atoms with van der Waals surface area (Å²) in [6, 6.07) is 11.9. The van der Waals surface area contributed by atoms with Crippen molar-refractivity contribution < 1.29 is 14.6 Å². The minimum atomic E-state index is -1.11. The molecule has 2 rings (SSSR count). The average Bonchev–Trinajstić information content (AvgIpc) is 2.57. The highest BCUT2D eigenvalue weighted by atomic mass is 16.5. The fourth-order valence-electron chi connectivity index (χ4n) is 3.25. The molecule has 3 heteroatoms. The third-order valence-electron chi connectivity index (χ3n) is 4.89. The highest BCUT2D eigenvalue weighted by molar-refractivity contribution is 5.49. The lowest BCUT2D eigenvalue weighted by Crippen LogP contribution is -2.33. The highest BCUT2D eigenvalue weighted by Gasteiger charge is 2.36. The van der Waals surface area contributed by atoms with E-state index >= 15 is 0 Å². The molecule has 148 valence electrons. The van der Waals surface area contributed by atoms with E-state index < -0.39 is 5.60 Å². The zero-order valence-electron chi connectivity index (χ0n) is 18.0. The summed E-state index contributed by atoms with van der Waals surface area (Å²) in [7, 11) is 0. The summed E-state index contributed by atoms with van der Waals surface area (Å²) in [6.45, 7) is 16.2. The van der Waals surface area contributed by atoms with Crippen molar-refractivity contribution in [3.8, 4) is 11.5 Å². The summed E-state index contributed by atoms with van der Waals surface area (Å²) in [5.41, 5.74) is 2.99. The quantitative estimate of drug-likeness (QED) is 0.672. The van der Waals surface area contributed by atoms with Crippen LogP contribution >= 0.6 is 0 Å². The molecule has 0 bridgehead atoms. The summed E-state index contributed by atoms with van der Waals surface area (Å²) in [6.07, 6.45) is 0.0672. The van der Waals surface area contributed by atoms with Crippen LogP contribution in [-0.2, 0) is 5.60 Å². The van der Waals surface area contributed by atoms with Gasteiger partial charge in [0, 0.05) is 0 Å². The Hall–Kier alpha value is -2.00. The molecule has 1 atom stereocenters. The van der Waals surface area contributed by atoms with Crippen LogP contribution in [0.25, 0.3) is 0 Å². The predicted octanol–water partition coefficient (Wildman–Crippen LogP) is 5.77. The van der Waals surface area contributed by atoms with Crippen LogP contribution in [0.4, 0.5) is 0 Å². The molecule has 0 spiro atoms. The SMILES string of the molecule is Cc1ccc(C(O)(c2ccc(OC(C)C)c(OC(C)C)c2)C(C)C)cc1C. The topological polar surface area (TPSA) is 38.7 Å². The first kappa shape index (κ1) is 21.3. The molecule has 3 nitrogen and oxygen atoms in total. The molecule has 0 aliphatic carbocycles. The Bertz CT molecular complexity index is 777. The van der Waals surface area contributed by atoms with Gasteiger partial charge in [0.2, 0.25) is 0 Å². The fourth-order valence-corrected chi connectivity index (χ4v) is 3.25. The number of aryl methyl sites for hydroxylation is 2. The molecule has 1 unspecified atom stereocenters. The standard InChI is InChI=1S/C24H34O3/c1-15(2)24(25,20-10-9-18(7)19(8)13-20)21-11-12-22(26-16(3)4)23(14-21)27-17(5)6/h9-17,25H,1-8H3. The summed E-state index contributed by atoms with van der Waals surface area (Å²) in [5, 5.41) is 11.8. The first-order chi connectivity index (χ1) is 12.6. The van der Waals surface area contributed by atoms with Crippen molar-refractivity contribution in [3.05, 3.63) is 58.7 Å². The van der Waals surface area contributed by atoms with Gasteiger partial charge in [-0.3, -0.25) is 0 Å². The van der Waals surface area contributed by atoms with E-state index in [-0.39, 0.29) is 18.1 Å². The van der Waals surface area contributed by atoms with Gasteiger partial charge in [-0.2, -0.15) is 0 Å². The van der Waals surface area contributed by atoms with E-state index in [2.05, 4.69) is 26.0 Å². The Morgan fingerprint density at radius 2 is 1.22 bits per heavy atom. The third kappa shape index (κ3) is 4.65. The Kier molecular flexibility index (Phi) is 6.59. The van der Waals surface area contributed by atoms with Crippen molar-refractivity contribution in [2.45, 2.75) is 73.2 Å². The van der Waals surface area contributed by atoms with Crippen molar-refractivity contribution in [1.82, 2.24) is 0 Å². The molecule has 1 N–H and O–H groups in total. The molecule has 0 heterocycles. The predicted molar refractivity (Wildman–Crippen MR) is 112 cm³/mol. The minimum absolute atomic E-state index is 0.0108. The molecule has 2 aromatic rings. The number of hydrogen-bond acceptors (Lipinski definition) is 3. The molecule has 0 saturated heterocycles. The monoisotopic (exact) mass is 370 g/mol. The Morgan fingerprint density at radius 3 is 1.74 bits per heavy atom. The lowest BCUT2D eigenvalue weighted by molar-refractivity contribution is 0.0313. The van der Waals surface area contributed by atoms with E-state index in [0.29, 0.717) is 11.5 Å². The second-order valence-electron chi connectivity index (χ2n) is 8.21. The molecule has 0 aliphatic heterocycles. The molecule has 27 heavy (non-hydrogen) atoms. The zero-order chi connectivity index (χ0) is 20.4. The number of ether oxygens (including phenoxy) is 2. The molecule has 0 radical (unpaired) electrons. The van der Waals surface area contributed by atoms with Crippen molar-refractivity contribution in [1.29, 1.82) is 0 Å². The fraction of sp³-hybridized carbons (Fsp3) is 0.500. The van der Waals surface area contributed by atoms with Crippen LogP contribution in [0.5, 0.6) is 11.5 Å². The lowest BCUT2D eigenvalue weighted by Gasteiger charge is -2.34. The maximum absolute atomic E-state index is 11.8. The summed E-state index contributed by atoms with van der Waals surface area (Å²) >= 11 is 0. The normalized spacial score (nSPS) is 13.9. The van der Waals surface area contributed by atoms with Gasteiger partial charge in [-0.25, -0.2) is 0 Å². The Morgan fingerprint density at radius 1 is 0.704 bits per heavy atom. The maximum Gasteiger partial charge on any atom is 0.161 e. The van der Waals surface area contributed by atoms with Crippen LogP contribution in [0.15, 0.2) is 36.4 Å². The smallest absolute Gasteiger partial charge is 0.161 e. The largest absolute Gasteiger partial charge is 0.487 e. The molecule has 0 fully saturated rings. The zero-order valence-corrected chi connectivity index (χ0v) is 18.0. The third-order valence-corrected chi connectivity index (χ3v) is 4.89. The summed E-state index contributed by atoms with van der Waals surface area (Å²) in [5.74, 6) is 1.36. The first-order valence-electron chi connectivity index (χ1n) is 9.83. The van der Waals surface area contributed by atoms with Crippen LogP contribution in [-0.4, -0.2) is 17.3 Å². The van der Waals surface area contributed by atoms with E-state index in [0.717, 1.165) is 11.1 Å². The summed E-state index contributed by atoms with van der Waals surface area (Å²) < 4.78 is 11.9. The minimum Gasteiger partial charge on any atom is -0.487 e. The van der Waals surface area contributed by atoms with Gasteiger partial charge in [-0.1, -0.05) is 38.1 Å². The van der Waals surface area contributed by atoms with Crippen LogP contribution in [0.3, 0.4) is 0 Å². The first-order valence-corrected chi connectivity index (χ1v) is 9.83. The van der Waals surface area contributed by atoms with Crippen molar-refractivity contribution >= 4 is 0 Å². The van der Waals surface area contributed by atoms with Gasteiger partial charge in [0.25, 0.3) is 0 Å². The van der Waals surface area contributed by atoms with Crippen LogP contribution in [0.2, 0.25) is 0 Å². The van der Waals surface area contributed by atoms with Gasteiger partial charge >= 0.3 is 0 Å². The number of benzene rings is 2. The molecule has 2 aromatic carbocycles. The van der Waals surface area contributed by atoms with E-state index in [9.17, 15) is 5.11 Å². The second kappa shape index (κ2) is 8.35. The van der Waals surface area contributed by atoms with Gasteiger partial charge in [0.05, 0.1) is 12.2 Å². The number of aliphatic hydroxyl groups is 1. The van der Waals surface area contributed by atoms with Crippen molar-refractivity contribution in [2.24, 2.45) is 5.92 Å². The maximum atomic E-state index is 11.8. The number of hydrogen-bond donors (Lipinski definition) is 1. The molecular weight excluding hydrogens is 336 g/mol. The molecule has 0 amide bonds. The van der Waals surface area contributed by atoms with Gasteiger partial charge in [-0.05, 0) is 81.8 Å². The van der Waals surface area contributed by atoms with Crippen molar-refractivity contribution in [3.63, 3.8) is 0 Å². The van der Waals surface area contributed by atoms with Gasteiger partial charge in [-0.15, -0.1) is 0 Å².